The van der Waals surface area contributed by atoms with E-state index in [1.54, 1.807) is 18.2 Å². The first-order valence-corrected chi connectivity index (χ1v) is 7.99. The zero-order chi connectivity index (χ0) is 17.1. The minimum atomic E-state index is -0.255. The molecule has 0 bridgehead atoms. The Morgan fingerprint density at radius 3 is 2.92 bits per heavy atom. The average Bonchev–Trinajstić information content (AvgIpc) is 3.24. The molecule has 8 heteroatoms. The second-order valence-electron chi connectivity index (χ2n) is 6.02. The van der Waals surface area contributed by atoms with Gasteiger partial charge in [-0.25, -0.2) is 4.79 Å². The van der Waals surface area contributed by atoms with Crippen molar-refractivity contribution in [2.45, 2.75) is 38.6 Å². The third-order valence-corrected chi connectivity index (χ3v) is 4.02. The molecule has 0 aliphatic carbocycles. The number of nitrogens with zero attached hydrogens (tertiary/aromatic N) is 4. The molecule has 24 heavy (non-hydrogen) atoms. The van der Waals surface area contributed by atoms with Crippen molar-refractivity contribution in [3.63, 3.8) is 0 Å². The fourth-order valence-corrected chi connectivity index (χ4v) is 2.71. The Morgan fingerprint density at radius 1 is 1.46 bits per heavy atom. The third-order valence-electron chi connectivity index (χ3n) is 4.02. The van der Waals surface area contributed by atoms with Crippen LogP contribution in [0, 0.1) is 0 Å². The summed E-state index contributed by atoms with van der Waals surface area (Å²) in [6, 6.07) is 3.54. The summed E-state index contributed by atoms with van der Waals surface area (Å²) in [5.74, 6) is 1.40. The summed E-state index contributed by atoms with van der Waals surface area (Å²) in [5, 5.41) is 6.52. The maximum Gasteiger partial charge on any atom is 0.329 e. The van der Waals surface area contributed by atoms with Gasteiger partial charge in [-0.1, -0.05) is 19.0 Å². The van der Waals surface area contributed by atoms with Gasteiger partial charge in [0.2, 0.25) is 0 Å². The Kier molecular flexibility index (Phi) is 4.64. The first-order valence-electron chi connectivity index (χ1n) is 7.99. The largest absolute Gasteiger partial charge is 0.495 e. The van der Waals surface area contributed by atoms with Crippen molar-refractivity contribution in [3.05, 3.63) is 29.8 Å². The molecule has 8 nitrogen and oxygen atoms in total. The van der Waals surface area contributed by atoms with Crippen LogP contribution < -0.4 is 10.1 Å². The maximum atomic E-state index is 12.5. The van der Waals surface area contributed by atoms with E-state index in [0.717, 1.165) is 18.5 Å². The number of nitrogens with one attached hydrogen (secondary N) is 1. The van der Waals surface area contributed by atoms with Crippen LogP contribution in [-0.4, -0.2) is 39.7 Å². The summed E-state index contributed by atoms with van der Waals surface area (Å²) in [7, 11) is 1.60. The monoisotopic (exact) mass is 331 g/mol. The fourth-order valence-electron chi connectivity index (χ4n) is 2.71. The number of hydrogen-bond donors (Lipinski definition) is 1. The Balaban J connectivity index is 1.70. The highest BCUT2D eigenvalue weighted by Gasteiger charge is 2.31. The van der Waals surface area contributed by atoms with Crippen LogP contribution >= 0.6 is 0 Å². The quantitative estimate of drug-likeness (QED) is 0.926. The molecule has 1 N–H and O–H groups in total. The molecule has 1 atom stereocenters. The number of rotatable bonds is 4. The van der Waals surface area contributed by atoms with Crippen molar-refractivity contribution < 1.29 is 14.1 Å². The number of amides is 2. The van der Waals surface area contributed by atoms with E-state index in [-0.39, 0.29) is 24.0 Å². The molecule has 3 rings (SSSR count). The van der Waals surface area contributed by atoms with Gasteiger partial charge in [-0.05, 0) is 25.0 Å². The van der Waals surface area contributed by atoms with Crippen LogP contribution in [-0.2, 0) is 0 Å². The second-order valence-corrected chi connectivity index (χ2v) is 6.02. The van der Waals surface area contributed by atoms with Crippen molar-refractivity contribution in [1.29, 1.82) is 0 Å². The molecule has 1 aliphatic heterocycles. The molecule has 3 heterocycles. The first-order chi connectivity index (χ1) is 11.6. The van der Waals surface area contributed by atoms with Gasteiger partial charge in [0.25, 0.3) is 0 Å². The fraction of sp³-hybridized carbons (Fsp3) is 0.500. The number of methoxy groups -OCH3 is 1. The van der Waals surface area contributed by atoms with Gasteiger partial charge in [0.1, 0.15) is 5.75 Å². The summed E-state index contributed by atoms with van der Waals surface area (Å²) in [6.07, 6.45) is 3.46. The number of hydrogen-bond acceptors (Lipinski definition) is 6. The van der Waals surface area contributed by atoms with Gasteiger partial charge in [-0.3, -0.25) is 10.3 Å². The second kappa shape index (κ2) is 6.86. The van der Waals surface area contributed by atoms with Crippen LogP contribution in [0.2, 0.25) is 0 Å². The van der Waals surface area contributed by atoms with E-state index in [1.807, 2.05) is 26.0 Å². The van der Waals surface area contributed by atoms with Gasteiger partial charge in [0.15, 0.2) is 5.82 Å². The molecule has 0 saturated carbocycles. The van der Waals surface area contributed by atoms with E-state index in [9.17, 15) is 4.79 Å². The smallest absolute Gasteiger partial charge is 0.329 e. The summed E-state index contributed by atoms with van der Waals surface area (Å²) in [5.41, 5.74) is 0.844. The van der Waals surface area contributed by atoms with Crippen molar-refractivity contribution in [2.75, 3.05) is 19.0 Å². The Bertz CT molecular complexity index is 698. The predicted octanol–water partition coefficient (Wildman–Crippen LogP) is 2.97. The number of urea groups is 1. The Labute approximate surface area is 140 Å². The molecule has 1 fully saturated rings. The van der Waals surface area contributed by atoms with Gasteiger partial charge in [-0.15, -0.1) is 0 Å². The molecule has 2 aromatic rings. The van der Waals surface area contributed by atoms with Crippen LogP contribution in [0.25, 0.3) is 0 Å². The molecule has 0 aromatic carbocycles. The highest BCUT2D eigenvalue weighted by Crippen LogP contribution is 2.31. The molecule has 1 saturated heterocycles. The number of likely N-dealkylation sites (tertiary alicyclic amines) is 1. The van der Waals surface area contributed by atoms with Crippen LogP contribution in [0.3, 0.4) is 0 Å². The molecule has 1 aliphatic rings. The SMILES string of the molecule is COc1ccc(C2CCCN2C(=O)Nc2nc(C(C)C)no2)nc1. The van der Waals surface area contributed by atoms with E-state index < -0.39 is 0 Å². The molecule has 0 spiro atoms. The minimum absolute atomic E-state index is 0.0663. The minimum Gasteiger partial charge on any atom is -0.495 e. The maximum absolute atomic E-state index is 12.5. The van der Waals surface area contributed by atoms with E-state index in [1.165, 1.54) is 0 Å². The summed E-state index contributed by atoms with van der Waals surface area (Å²) in [6.45, 7) is 4.58. The van der Waals surface area contributed by atoms with Crippen molar-refractivity contribution in [1.82, 2.24) is 20.0 Å². The van der Waals surface area contributed by atoms with E-state index in [4.69, 9.17) is 9.26 Å². The first kappa shape index (κ1) is 16.2. The Morgan fingerprint density at radius 2 is 2.29 bits per heavy atom. The molecular formula is C16H21N5O3. The van der Waals surface area contributed by atoms with Crippen LogP contribution in [0.15, 0.2) is 22.9 Å². The normalized spacial score (nSPS) is 17.3. The molecule has 1 unspecified atom stereocenters. The van der Waals surface area contributed by atoms with Crippen molar-refractivity contribution >= 4 is 12.0 Å². The van der Waals surface area contributed by atoms with Crippen LogP contribution in [0.5, 0.6) is 5.75 Å². The summed E-state index contributed by atoms with van der Waals surface area (Å²) < 4.78 is 10.2. The van der Waals surface area contributed by atoms with Gasteiger partial charge < -0.3 is 14.2 Å². The van der Waals surface area contributed by atoms with Crippen LogP contribution in [0.4, 0.5) is 10.8 Å². The highest BCUT2D eigenvalue weighted by atomic mass is 16.5. The number of carbonyl (C=O) groups excluding carboxylic acids is 1. The number of anilines is 1. The molecule has 128 valence electrons. The van der Waals surface area contributed by atoms with Gasteiger partial charge in [-0.2, -0.15) is 4.98 Å². The lowest BCUT2D eigenvalue weighted by molar-refractivity contribution is 0.205. The predicted molar refractivity (Wildman–Crippen MR) is 86.9 cm³/mol. The molecule has 0 radical (unpaired) electrons. The lowest BCUT2D eigenvalue weighted by Crippen LogP contribution is -2.34. The number of carbonyl (C=O) groups is 1. The molecule has 2 aromatic heterocycles. The van der Waals surface area contributed by atoms with Gasteiger partial charge in [0, 0.05) is 12.5 Å². The lowest BCUT2D eigenvalue weighted by Gasteiger charge is -2.23. The summed E-state index contributed by atoms with van der Waals surface area (Å²) >= 11 is 0. The number of pyridine rings is 1. The molecule has 2 amide bonds. The zero-order valence-corrected chi connectivity index (χ0v) is 14.0. The standard InChI is InChI=1S/C16H21N5O3/c1-10(2)14-18-15(24-20-14)19-16(22)21-8-4-5-13(21)12-7-6-11(23-3)9-17-12/h6-7,9-10,13H,4-5,8H2,1-3H3,(H,18,19,20,22). The molecular weight excluding hydrogens is 310 g/mol. The van der Waals surface area contributed by atoms with Gasteiger partial charge >= 0.3 is 12.0 Å². The topological polar surface area (TPSA) is 93.4 Å². The van der Waals surface area contributed by atoms with Crippen LogP contribution in [0.1, 0.15) is 50.2 Å². The van der Waals surface area contributed by atoms with Crippen molar-refractivity contribution in [2.24, 2.45) is 0 Å². The zero-order valence-electron chi connectivity index (χ0n) is 14.0. The third kappa shape index (κ3) is 3.32. The highest BCUT2D eigenvalue weighted by molar-refractivity contribution is 5.87. The lowest BCUT2D eigenvalue weighted by atomic mass is 10.1. The average molecular weight is 331 g/mol. The van der Waals surface area contributed by atoms with E-state index >= 15 is 0 Å². The van der Waals surface area contributed by atoms with E-state index in [2.05, 4.69) is 20.4 Å². The van der Waals surface area contributed by atoms with Gasteiger partial charge in [0.05, 0.1) is 25.0 Å². The summed E-state index contributed by atoms with van der Waals surface area (Å²) in [4.78, 5) is 22.9. The number of ether oxygens (including phenoxy) is 1. The van der Waals surface area contributed by atoms with E-state index in [0.29, 0.717) is 18.1 Å². The Hall–Kier alpha value is -2.64. The number of aromatic nitrogens is 3. The van der Waals surface area contributed by atoms with Crippen molar-refractivity contribution in [3.8, 4) is 5.75 Å².